The fraction of sp³-hybridized carbons (Fsp3) is 0. The summed E-state index contributed by atoms with van der Waals surface area (Å²) in [6.45, 7) is 3.09. The highest BCUT2D eigenvalue weighted by Gasteiger charge is 1.45. The van der Waals surface area contributed by atoms with Crippen molar-refractivity contribution in [1.82, 2.24) is 0 Å². The van der Waals surface area contributed by atoms with Crippen LogP contribution in [0.2, 0.25) is 0 Å². The van der Waals surface area contributed by atoms with Gasteiger partial charge in [0.1, 0.15) is 6.17 Å². The van der Waals surface area contributed by atoms with Crippen LogP contribution in [0.5, 0.6) is 0 Å². The highest BCUT2D eigenvalue weighted by atomic mass is 19.1. The van der Waals surface area contributed by atoms with Crippen LogP contribution in [0.15, 0.2) is 0 Å². The fourth-order valence-corrected chi connectivity index (χ4v) is 0.0678. The van der Waals surface area contributed by atoms with Crippen LogP contribution in [0.3, 0.4) is 0 Å². The monoisotopic (exact) mass is 81.0 g/mol. The summed E-state index contributed by atoms with van der Waals surface area (Å²) in [6.07, 6.45) is 1.10. The minimum absolute atomic E-state index is 1.10. The van der Waals surface area contributed by atoms with Crippen LogP contribution >= 0.6 is 0 Å². The maximum atomic E-state index is 10.7. The molecule has 0 unspecified atom stereocenters. The van der Waals surface area contributed by atoms with Gasteiger partial charge in [0.05, 0.1) is 0 Å². The van der Waals surface area contributed by atoms with Gasteiger partial charge in [-0.25, -0.2) is 0 Å². The molecule has 29 valence electrons. The molecule has 0 nitrogen and oxygen atoms in total. The van der Waals surface area contributed by atoms with E-state index < -0.39 is 0 Å². The molecule has 1 heteroatoms. The molecular formula is C5H2F. The largest absolute Gasteiger partial charge is 0.143 e. The molecule has 0 aliphatic carbocycles. The fourth-order valence-electron chi connectivity index (χ4n) is 0.0678. The Morgan fingerprint density at radius 3 is 2.17 bits per heavy atom. The van der Waals surface area contributed by atoms with Crippen molar-refractivity contribution in [3.63, 3.8) is 0 Å². The minimum atomic E-state index is 1.10. The number of halogens is 1. The van der Waals surface area contributed by atoms with Gasteiger partial charge >= 0.3 is 0 Å². The van der Waals surface area contributed by atoms with Crippen molar-refractivity contribution in [3.8, 4) is 23.9 Å². The molecule has 0 fully saturated rings. The minimum Gasteiger partial charge on any atom is -0.143 e. The molecule has 0 aliphatic heterocycles. The molecule has 0 heterocycles. The summed E-state index contributed by atoms with van der Waals surface area (Å²) < 4.78 is 10.7. The quantitative estimate of drug-likeness (QED) is 0.377. The lowest BCUT2D eigenvalue weighted by Gasteiger charge is -1.45. The van der Waals surface area contributed by atoms with Gasteiger partial charge in [0.2, 0.25) is 0 Å². The van der Waals surface area contributed by atoms with E-state index in [0.717, 1.165) is 6.17 Å². The van der Waals surface area contributed by atoms with E-state index in [4.69, 9.17) is 0 Å². The first-order valence-electron chi connectivity index (χ1n) is 1.29. The third-order valence-electron chi connectivity index (χ3n) is 0.198. The Hall–Kier alpha value is -0.950. The molecule has 0 rings (SSSR count). The van der Waals surface area contributed by atoms with E-state index in [1.807, 2.05) is 5.92 Å². The van der Waals surface area contributed by atoms with Crippen molar-refractivity contribution in [1.29, 1.82) is 0 Å². The SMILES string of the molecule is [CH2]C#CC#CF. The Balaban J connectivity index is 3.43. The van der Waals surface area contributed by atoms with E-state index in [2.05, 4.69) is 18.8 Å². The van der Waals surface area contributed by atoms with E-state index in [-0.39, 0.29) is 0 Å². The normalized spacial score (nSPS) is 3.67. The van der Waals surface area contributed by atoms with Gasteiger partial charge in [-0.1, -0.05) is 5.92 Å². The second-order valence-electron chi connectivity index (χ2n) is 0.521. The maximum Gasteiger partial charge on any atom is 0.119 e. The van der Waals surface area contributed by atoms with Gasteiger partial charge in [-0.05, 0) is 5.92 Å². The molecule has 0 atom stereocenters. The lowest BCUT2D eigenvalue weighted by atomic mass is 10.6. The zero-order chi connectivity index (χ0) is 4.83. The first-order valence-corrected chi connectivity index (χ1v) is 1.29. The molecule has 0 aromatic rings. The summed E-state index contributed by atoms with van der Waals surface area (Å²) >= 11 is 0. The second kappa shape index (κ2) is 4.05. The standard InChI is InChI=1S/C5H2F/c1-2-3-4-5-6/h1H2. The van der Waals surface area contributed by atoms with E-state index in [1.165, 1.54) is 0 Å². The van der Waals surface area contributed by atoms with Crippen LogP contribution in [0.25, 0.3) is 0 Å². The van der Waals surface area contributed by atoms with E-state index in [1.54, 1.807) is 0 Å². The average molecular weight is 81.1 g/mol. The summed E-state index contributed by atoms with van der Waals surface area (Å²) in [6, 6.07) is 0. The third kappa shape index (κ3) is 3.05. The van der Waals surface area contributed by atoms with Crippen LogP contribution in [0.4, 0.5) is 4.39 Å². The van der Waals surface area contributed by atoms with Crippen LogP contribution in [0, 0.1) is 30.9 Å². The Kier molecular flexibility index (Phi) is 3.41. The molecule has 0 bridgehead atoms. The molecule has 0 amide bonds. The number of hydrogen-bond acceptors (Lipinski definition) is 0. The molecule has 6 heavy (non-hydrogen) atoms. The molecule has 1 radical (unpaired) electrons. The van der Waals surface area contributed by atoms with Gasteiger partial charge in [0, 0.05) is 12.8 Å². The Morgan fingerprint density at radius 2 is 2.00 bits per heavy atom. The van der Waals surface area contributed by atoms with Crippen molar-refractivity contribution >= 4 is 0 Å². The van der Waals surface area contributed by atoms with Gasteiger partial charge < -0.3 is 0 Å². The van der Waals surface area contributed by atoms with Crippen molar-refractivity contribution in [2.45, 2.75) is 0 Å². The zero-order valence-corrected chi connectivity index (χ0v) is 3.09. The predicted octanol–water partition coefficient (Wildman–Crippen LogP) is 0.754. The van der Waals surface area contributed by atoms with Crippen LogP contribution in [0.1, 0.15) is 0 Å². The summed E-state index contributed by atoms with van der Waals surface area (Å²) in [7, 11) is 0. The molecule has 0 saturated heterocycles. The summed E-state index contributed by atoms with van der Waals surface area (Å²) in [4.78, 5) is 0. The van der Waals surface area contributed by atoms with E-state index in [9.17, 15) is 4.39 Å². The van der Waals surface area contributed by atoms with E-state index >= 15 is 0 Å². The first kappa shape index (κ1) is 5.05. The lowest BCUT2D eigenvalue weighted by molar-refractivity contribution is 0.774. The van der Waals surface area contributed by atoms with Crippen LogP contribution in [-0.2, 0) is 0 Å². The van der Waals surface area contributed by atoms with Crippen LogP contribution in [-0.4, -0.2) is 0 Å². The molecule has 0 aromatic heterocycles. The van der Waals surface area contributed by atoms with Gasteiger partial charge in [0.15, 0.2) is 0 Å². The third-order valence-corrected chi connectivity index (χ3v) is 0.198. The van der Waals surface area contributed by atoms with E-state index in [0.29, 0.717) is 0 Å². The molecule has 0 saturated carbocycles. The highest BCUT2D eigenvalue weighted by Crippen LogP contribution is 1.51. The van der Waals surface area contributed by atoms with Gasteiger partial charge in [-0.3, -0.25) is 0 Å². The lowest BCUT2D eigenvalue weighted by Crippen LogP contribution is -1.41. The second-order valence-corrected chi connectivity index (χ2v) is 0.521. The molecule has 0 spiro atoms. The number of hydrogen-bond donors (Lipinski definition) is 0. The summed E-state index contributed by atoms with van der Waals surface area (Å²) in [5, 5.41) is 0. The summed E-state index contributed by atoms with van der Waals surface area (Å²) in [5.74, 6) is 6.11. The molecule has 0 N–H and O–H groups in total. The Morgan fingerprint density at radius 1 is 1.33 bits per heavy atom. The maximum absolute atomic E-state index is 10.7. The van der Waals surface area contributed by atoms with Crippen molar-refractivity contribution in [2.75, 3.05) is 0 Å². The van der Waals surface area contributed by atoms with Crippen LogP contribution < -0.4 is 0 Å². The van der Waals surface area contributed by atoms with Gasteiger partial charge in [-0.15, -0.1) is 4.39 Å². The highest BCUT2D eigenvalue weighted by molar-refractivity contribution is 5.24. The Labute approximate surface area is 36.4 Å². The topological polar surface area (TPSA) is 0 Å². The van der Waals surface area contributed by atoms with Crippen molar-refractivity contribution < 1.29 is 4.39 Å². The van der Waals surface area contributed by atoms with Crippen molar-refractivity contribution in [2.24, 2.45) is 0 Å². The molecule has 0 aromatic carbocycles. The predicted molar refractivity (Wildman–Crippen MR) is 22.0 cm³/mol. The van der Waals surface area contributed by atoms with Gasteiger partial charge in [0.25, 0.3) is 0 Å². The summed E-state index contributed by atoms with van der Waals surface area (Å²) in [5.41, 5.74) is 0. The Bertz CT molecular complexity index is 107. The average Bonchev–Trinajstić information content (AvgIpc) is 1.61. The van der Waals surface area contributed by atoms with Gasteiger partial charge in [-0.2, -0.15) is 0 Å². The zero-order valence-electron chi connectivity index (χ0n) is 3.09. The number of rotatable bonds is 0. The van der Waals surface area contributed by atoms with Crippen molar-refractivity contribution in [3.05, 3.63) is 6.92 Å². The molecular weight excluding hydrogens is 79.1 g/mol. The first-order chi connectivity index (χ1) is 2.91. The smallest absolute Gasteiger partial charge is 0.119 e. The molecule has 0 aliphatic rings.